The van der Waals surface area contributed by atoms with Crippen molar-refractivity contribution in [2.45, 2.75) is 10.9 Å². The third kappa shape index (κ3) is 4.52. The molecule has 3 aromatic heterocycles. The number of para-hydroxylation sites is 1. The normalized spacial score (nSPS) is 10.9. The summed E-state index contributed by atoms with van der Waals surface area (Å²) in [5.41, 5.74) is 3.94. The topological polar surface area (TPSA) is 75.0 Å². The van der Waals surface area contributed by atoms with Gasteiger partial charge in [0, 0.05) is 40.3 Å². The van der Waals surface area contributed by atoms with Gasteiger partial charge >= 0.3 is 0 Å². The molecule has 0 aliphatic carbocycles. The first-order valence-electron chi connectivity index (χ1n) is 10.5. The Labute approximate surface area is 205 Å². The first-order valence-corrected chi connectivity index (χ1v) is 12.3. The number of nitrogens with zero attached hydrogens (tertiary/aromatic N) is 5. The van der Waals surface area contributed by atoms with E-state index in [9.17, 15) is 0 Å². The lowest BCUT2D eigenvalue weighted by atomic mass is 10.2. The van der Waals surface area contributed by atoms with Crippen molar-refractivity contribution < 1.29 is 9.47 Å². The fourth-order valence-electron chi connectivity index (χ4n) is 3.47. The van der Waals surface area contributed by atoms with Gasteiger partial charge < -0.3 is 9.47 Å². The summed E-state index contributed by atoms with van der Waals surface area (Å²) < 4.78 is 12.8. The van der Waals surface area contributed by atoms with Crippen molar-refractivity contribution >= 4 is 23.1 Å². The second kappa shape index (κ2) is 10.1. The number of hydrogen-bond donors (Lipinski definition) is 0. The molecule has 7 nitrogen and oxygen atoms in total. The number of aromatic nitrogens is 5. The van der Waals surface area contributed by atoms with E-state index in [2.05, 4.69) is 37.3 Å². The van der Waals surface area contributed by atoms with E-state index in [1.54, 1.807) is 49.7 Å². The summed E-state index contributed by atoms with van der Waals surface area (Å²) in [6.45, 7) is 0. The molecule has 9 heteroatoms. The van der Waals surface area contributed by atoms with Gasteiger partial charge in [0.25, 0.3) is 0 Å². The Morgan fingerprint density at radius 3 is 2.44 bits per heavy atom. The SMILES string of the molecule is COc1ccc(-c2nc(CSc3nnc(-c4ccncc4)n3-c3ccccc3)cs2)cc1OC. The fraction of sp³-hybridized carbons (Fsp3) is 0.120. The number of methoxy groups -OCH3 is 2. The van der Waals surface area contributed by atoms with E-state index >= 15 is 0 Å². The number of thioether (sulfide) groups is 1. The van der Waals surface area contributed by atoms with Crippen molar-refractivity contribution in [3.8, 4) is 39.1 Å². The van der Waals surface area contributed by atoms with Gasteiger partial charge in [-0.2, -0.15) is 0 Å². The predicted octanol–water partition coefficient (Wildman–Crippen LogP) is 5.76. The molecule has 5 rings (SSSR count). The summed E-state index contributed by atoms with van der Waals surface area (Å²) in [4.78, 5) is 8.95. The van der Waals surface area contributed by atoms with E-state index < -0.39 is 0 Å². The third-order valence-electron chi connectivity index (χ3n) is 5.12. The molecule has 0 N–H and O–H groups in total. The maximum absolute atomic E-state index is 5.43. The highest BCUT2D eigenvalue weighted by atomic mass is 32.2. The number of rotatable bonds is 8. The van der Waals surface area contributed by atoms with E-state index in [4.69, 9.17) is 14.5 Å². The summed E-state index contributed by atoms with van der Waals surface area (Å²) >= 11 is 3.21. The molecular formula is C25H21N5O2S2. The minimum absolute atomic E-state index is 0.672. The quantitative estimate of drug-likeness (QED) is 0.258. The highest BCUT2D eigenvalue weighted by molar-refractivity contribution is 7.98. The van der Waals surface area contributed by atoms with Gasteiger partial charge in [-0.25, -0.2) is 4.98 Å². The van der Waals surface area contributed by atoms with Crippen molar-refractivity contribution in [3.05, 3.63) is 84.1 Å². The molecule has 0 unspecified atom stereocenters. The monoisotopic (exact) mass is 487 g/mol. The van der Waals surface area contributed by atoms with Crippen LogP contribution >= 0.6 is 23.1 Å². The molecule has 0 saturated carbocycles. The standard InChI is InChI=1S/C25H21N5O2S2/c1-31-21-9-8-18(14-22(21)32-2)24-27-19(15-33-24)16-34-25-29-28-23(17-10-12-26-13-11-17)30(25)20-6-4-3-5-7-20/h3-15H,16H2,1-2H3. The van der Waals surface area contributed by atoms with Gasteiger partial charge in [0.2, 0.25) is 0 Å². The molecule has 0 amide bonds. The zero-order valence-corrected chi connectivity index (χ0v) is 20.2. The molecule has 170 valence electrons. The first-order chi connectivity index (χ1) is 16.8. The highest BCUT2D eigenvalue weighted by Gasteiger charge is 2.17. The Morgan fingerprint density at radius 2 is 1.68 bits per heavy atom. The second-order valence-electron chi connectivity index (χ2n) is 7.22. The lowest BCUT2D eigenvalue weighted by Crippen LogP contribution is -1.99. The fourth-order valence-corrected chi connectivity index (χ4v) is 5.24. The van der Waals surface area contributed by atoms with Crippen molar-refractivity contribution in [1.29, 1.82) is 0 Å². The zero-order valence-electron chi connectivity index (χ0n) is 18.6. The first kappa shape index (κ1) is 22.1. The van der Waals surface area contributed by atoms with Crippen LogP contribution in [0.3, 0.4) is 0 Å². The predicted molar refractivity (Wildman–Crippen MR) is 135 cm³/mol. The number of benzene rings is 2. The third-order valence-corrected chi connectivity index (χ3v) is 7.02. The Morgan fingerprint density at radius 1 is 0.882 bits per heavy atom. The molecular weight excluding hydrogens is 466 g/mol. The maximum atomic E-state index is 5.43. The molecule has 5 aromatic rings. The summed E-state index contributed by atoms with van der Waals surface area (Å²) in [5.74, 6) is 2.83. The van der Waals surface area contributed by atoms with E-state index in [-0.39, 0.29) is 0 Å². The lowest BCUT2D eigenvalue weighted by Gasteiger charge is -2.10. The van der Waals surface area contributed by atoms with Crippen LogP contribution in [-0.4, -0.2) is 39.0 Å². The smallest absolute Gasteiger partial charge is 0.196 e. The summed E-state index contributed by atoms with van der Waals surface area (Å²) in [7, 11) is 3.26. The average molecular weight is 488 g/mol. The van der Waals surface area contributed by atoms with Gasteiger partial charge in [-0.1, -0.05) is 30.0 Å². The van der Waals surface area contributed by atoms with Crippen molar-refractivity contribution in [3.63, 3.8) is 0 Å². The second-order valence-corrected chi connectivity index (χ2v) is 9.02. The van der Waals surface area contributed by atoms with E-state index in [1.807, 2.05) is 48.5 Å². The van der Waals surface area contributed by atoms with Crippen LogP contribution in [0.2, 0.25) is 0 Å². The number of pyridine rings is 1. The minimum Gasteiger partial charge on any atom is -0.493 e. The van der Waals surface area contributed by atoms with Crippen LogP contribution in [0.4, 0.5) is 0 Å². The maximum Gasteiger partial charge on any atom is 0.196 e. The molecule has 0 aliphatic heterocycles. The van der Waals surface area contributed by atoms with Gasteiger partial charge in [-0.3, -0.25) is 9.55 Å². The molecule has 0 atom stereocenters. The molecule has 0 saturated heterocycles. The molecule has 0 aliphatic rings. The molecule has 0 radical (unpaired) electrons. The lowest BCUT2D eigenvalue weighted by molar-refractivity contribution is 0.355. The Bertz CT molecular complexity index is 1390. The number of thiazole rings is 1. The minimum atomic E-state index is 0.672. The molecule has 0 fully saturated rings. The van der Waals surface area contributed by atoms with Crippen LogP contribution < -0.4 is 9.47 Å². The molecule has 34 heavy (non-hydrogen) atoms. The zero-order chi connectivity index (χ0) is 23.3. The molecule has 2 aromatic carbocycles. The van der Waals surface area contributed by atoms with Crippen molar-refractivity contribution in [2.24, 2.45) is 0 Å². The average Bonchev–Trinajstić information content (AvgIpc) is 3.55. The Balaban J connectivity index is 1.40. The van der Waals surface area contributed by atoms with Gasteiger partial charge in [0.15, 0.2) is 22.5 Å². The van der Waals surface area contributed by atoms with Crippen molar-refractivity contribution in [2.75, 3.05) is 14.2 Å². The summed E-state index contributed by atoms with van der Waals surface area (Å²) in [5, 5.41) is 12.8. The van der Waals surface area contributed by atoms with Crippen LogP contribution in [0, 0.1) is 0 Å². The van der Waals surface area contributed by atoms with Crippen LogP contribution in [0.15, 0.2) is 83.6 Å². The van der Waals surface area contributed by atoms with Gasteiger partial charge in [-0.05, 0) is 42.5 Å². The largest absolute Gasteiger partial charge is 0.493 e. The molecule has 3 heterocycles. The summed E-state index contributed by atoms with van der Waals surface area (Å²) in [6.07, 6.45) is 3.52. The van der Waals surface area contributed by atoms with Crippen LogP contribution in [0.5, 0.6) is 11.5 Å². The van der Waals surface area contributed by atoms with Gasteiger partial charge in [0.05, 0.1) is 19.9 Å². The highest BCUT2D eigenvalue weighted by Crippen LogP contribution is 2.35. The Kier molecular flexibility index (Phi) is 6.55. The molecule has 0 bridgehead atoms. The molecule has 0 spiro atoms. The van der Waals surface area contributed by atoms with Crippen LogP contribution in [0.1, 0.15) is 5.69 Å². The van der Waals surface area contributed by atoms with Crippen molar-refractivity contribution in [1.82, 2.24) is 24.7 Å². The van der Waals surface area contributed by atoms with E-state index in [0.29, 0.717) is 17.3 Å². The van der Waals surface area contributed by atoms with E-state index in [0.717, 1.165) is 38.5 Å². The summed E-state index contributed by atoms with van der Waals surface area (Å²) in [6, 6.07) is 19.8. The van der Waals surface area contributed by atoms with Crippen LogP contribution in [-0.2, 0) is 5.75 Å². The number of ether oxygens (including phenoxy) is 2. The Hall–Kier alpha value is -3.69. The van der Waals surface area contributed by atoms with Crippen LogP contribution in [0.25, 0.3) is 27.6 Å². The van der Waals surface area contributed by atoms with Gasteiger partial charge in [0.1, 0.15) is 5.01 Å². The number of hydrogen-bond acceptors (Lipinski definition) is 8. The van der Waals surface area contributed by atoms with E-state index in [1.165, 1.54) is 0 Å². The van der Waals surface area contributed by atoms with Gasteiger partial charge in [-0.15, -0.1) is 21.5 Å².